The Morgan fingerprint density at radius 1 is 1.28 bits per heavy atom. The number of carboxylic acid groups (broad SMARTS) is 1. The van der Waals surface area contributed by atoms with Gasteiger partial charge in [-0.3, -0.25) is 9.79 Å². The van der Waals surface area contributed by atoms with E-state index < -0.39 is 12.0 Å². The second kappa shape index (κ2) is 7.08. The van der Waals surface area contributed by atoms with E-state index in [1.165, 1.54) is 12.1 Å². The number of phenolic OH excluding ortho intramolecular Hbond substituents is 1. The van der Waals surface area contributed by atoms with Crippen LogP contribution in [0.2, 0.25) is 0 Å². The first kappa shape index (κ1) is 16.6. The molecule has 5 N–H and O–H groups in total. The molecule has 2 amide bonds. The number of benzene rings is 1. The third kappa shape index (κ3) is 3.97. The smallest absolute Gasteiger partial charge is 0.323 e. The van der Waals surface area contributed by atoms with Crippen LogP contribution in [0.5, 0.6) is 5.75 Å². The summed E-state index contributed by atoms with van der Waals surface area (Å²) in [4.78, 5) is 27.3. The van der Waals surface area contributed by atoms with Gasteiger partial charge in [-0.25, -0.2) is 4.79 Å². The fourth-order valence-corrected chi connectivity index (χ4v) is 2.88. The third-order valence-corrected chi connectivity index (χ3v) is 3.98. The average molecular weight is 342 g/mol. The Bertz CT molecular complexity index is 785. The van der Waals surface area contributed by atoms with E-state index in [1.807, 2.05) is 0 Å². The molecule has 0 fully saturated rings. The highest BCUT2D eigenvalue weighted by atomic mass is 16.4. The van der Waals surface area contributed by atoms with Gasteiger partial charge in [-0.2, -0.15) is 0 Å². The summed E-state index contributed by atoms with van der Waals surface area (Å²) in [5, 5.41) is 26.8. The number of carbonyl (C=O) groups is 2. The molecule has 2 aliphatic rings. The Balaban J connectivity index is 1.66. The van der Waals surface area contributed by atoms with E-state index in [0.29, 0.717) is 17.8 Å². The van der Waals surface area contributed by atoms with Gasteiger partial charge in [0.05, 0.1) is 5.92 Å². The highest BCUT2D eigenvalue weighted by Gasteiger charge is 2.34. The number of urea groups is 1. The van der Waals surface area contributed by atoms with Gasteiger partial charge in [-0.05, 0) is 24.6 Å². The number of nitrogens with zero attached hydrogens (tertiary/aromatic N) is 1. The lowest BCUT2D eigenvalue weighted by Gasteiger charge is -2.25. The summed E-state index contributed by atoms with van der Waals surface area (Å²) >= 11 is 0. The first-order valence-electron chi connectivity index (χ1n) is 7.80. The van der Waals surface area contributed by atoms with Crippen molar-refractivity contribution in [1.29, 1.82) is 0 Å². The molecule has 0 spiro atoms. The summed E-state index contributed by atoms with van der Waals surface area (Å²) in [7, 11) is 0. The van der Waals surface area contributed by atoms with E-state index in [1.54, 1.807) is 30.6 Å². The monoisotopic (exact) mass is 342 g/mol. The summed E-state index contributed by atoms with van der Waals surface area (Å²) in [6.07, 6.45) is 5.27. The molecule has 1 aromatic carbocycles. The lowest BCUT2D eigenvalue weighted by Crippen LogP contribution is -2.35. The summed E-state index contributed by atoms with van der Waals surface area (Å²) in [5.74, 6) is -1.02. The Morgan fingerprint density at radius 2 is 2.12 bits per heavy atom. The number of hydrogen-bond donors (Lipinski definition) is 5. The molecule has 8 heteroatoms. The quantitative estimate of drug-likeness (QED) is 0.558. The van der Waals surface area contributed by atoms with Gasteiger partial charge >= 0.3 is 12.0 Å². The van der Waals surface area contributed by atoms with Crippen molar-refractivity contribution < 1.29 is 19.8 Å². The molecule has 2 unspecified atom stereocenters. The van der Waals surface area contributed by atoms with Gasteiger partial charge in [0.1, 0.15) is 11.9 Å². The van der Waals surface area contributed by atoms with Crippen LogP contribution in [0.25, 0.3) is 0 Å². The fraction of sp³-hybridized carbons (Fsp3) is 0.235. The normalized spacial score (nSPS) is 20.8. The molecule has 25 heavy (non-hydrogen) atoms. The number of anilines is 1. The summed E-state index contributed by atoms with van der Waals surface area (Å²) < 4.78 is 0. The molecule has 2 heterocycles. The van der Waals surface area contributed by atoms with E-state index in [4.69, 9.17) is 5.11 Å². The summed E-state index contributed by atoms with van der Waals surface area (Å²) in [6, 6.07) is 5.78. The maximum Gasteiger partial charge on any atom is 0.323 e. The predicted octanol–water partition coefficient (Wildman–Crippen LogP) is 1.78. The highest BCUT2D eigenvalue weighted by Crippen LogP contribution is 2.32. The topological polar surface area (TPSA) is 123 Å². The SMILES string of the molecule is O=C(O)CCC1=CC=NC2NC=C(NC(=O)Nc3cccc(O)c3)C12. The van der Waals surface area contributed by atoms with Crippen molar-refractivity contribution in [2.45, 2.75) is 19.0 Å². The van der Waals surface area contributed by atoms with Crippen LogP contribution >= 0.6 is 0 Å². The second-order valence-corrected chi connectivity index (χ2v) is 5.75. The maximum absolute atomic E-state index is 12.2. The number of amides is 2. The highest BCUT2D eigenvalue weighted by molar-refractivity contribution is 5.91. The van der Waals surface area contributed by atoms with Gasteiger partial charge in [0.15, 0.2) is 0 Å². The van der Waals surface area contributed by atoms with Gasteiger partial charge in [0, 0.05) is 36.3 Å². The molecule has 0 radical (unpaired) electrons. The van der Waals surface area contributed by atoms with Gasteiger partial charge in [-0.15, -0.1) is 0 Å². The summed E-state index contributed by atoms with van der Waals surface area (Å²) in [6.45, 7) is 0. The molecule has 0 saturated heterocycles. The molecule has 0 bridgehead atoms. The van der Waals surface area contributed by atoms with Gasteiger partial charge in [0.2, 0.25) is 0 Å². The van der Waals surface area contributed by atoms with Crippen LogP contribution < -0.4 is 16.0 Å². The predicted molar refractivity (Wildman–Crippen MR) is 92.2 cm³/mol. The molecule has 2 aliphatic heterocycles. The van der Waals surface area contributed by atoms with Crippen LogP contribution in [-0.2, 0) is 4.79 Å². The molecule has 0 aromatic heterocycles. The third-order valence-electron chi connectivity index (χ3n) is 3.98. The van der Waals surface area contributed by atoms with Gasteiger partial charge in [0.25, 0.3) is 0 Å². The zero-order chi connectivity index (χ0) is 17.8. The van der Waals surface area contributed by atoms with E-state index >= 15 is 0 Å². The number of carbonyl (C=O) groups excluding carboxylic acids is 1. The van der Waals surface area contributed by atoms with Crippen LogP contribution in [0.1, 0.15) is 12.8 Å². The standard InChI is InChI=1S/C17H18N4O4/c22-12-3-1-2-11(8-12)20-17(25)21-13-9-19-16-15(13)10(6-7-18-16)4-5-14(23)24/h1-3,6-9,15-16,19,22H,4-5H2,(H,23,24)(H2,20,21,25). The molecule has 0 saturated carbocycles. The maximum atomic E-state index is 12.2. The number of fused-ring (bicyclic) bond motifs is 1. The fourth-order valence-electron chi connectivity index (χ4n) is 2.88. The average Bonchev–Trinajstić information content (AvgIpc) is 2.96. The van der Waals surface area contributed by atoms with Crippen LogP contribution in [0, 0.1) is 5.92 Å². The minimum Gasteiger partial charge on any atom is -0.508 e. The molecule has 2 atom stereocenters. The molecule has 3 rings (SSSR count). The number of nitrogens with one attached hydrogen (secondary N) is 3. The van der Waals surface area contributed by atoms with Crippen molar-refractivity contribution in [2.75, 3.05) is 5.32 Å². The van der Waals surface area contributed by atoms with Crippen molar-refractivity contribution in [2.24, 2.45) is 10.9 Å². The lowest BCUT2D eigenvalue weighted by molar-refractivity contribution is -0.137. The van der Waals surface area contributed by atoms with Crippen LogP contribution in [0.4, 0.5) is 10.5 Å². The second-order valence-electron chi connectivity index (χ2n) is 5.75. The Hall–Kier alpha value is -3.29. The van der Waals surface area contributed by atoms with Crippen molar-refractivity contribution in [3.05, 3.63) is 47.8 Å². The van der Waals surface area contributed by atoms with Crippen LogP contribution in [-0.4, -0.2) is 34.6 Å². The first-order valence-corrected chi connectivity index (χ1v) is 7.80. The molecule has 1 aromatic rings. The largest absolute Gasteiger partial charge is 0.508 e. The Morgan fingerprint density at radius 3 is 2.88 bits per heavy atom. The number of carboxylic acids is 1. The minimum absolute atomic E-state index is 0.0195. The number of allylic oxidation sites excluding steroid dienone is 1. The molecular weight excluding hydrogens is 324 g/mol. The number of dihydropyridines is 1. The Kier molecular flexibility index (Phi) is 4.69. The van der Waals surface area contributed by atoms with E-state index in [0.717, 1.165) is 5.57 Å². The summed E-state index contributed by atoms with van der Waals surface area (Å²) in [5.41, 5.74) is 1.98. The van der Waals surface area contributed by atoms with E-state index in [-0.39, 0.29) is 24.3 Å². The number of hydrogen-bond acceptors (Lipinski definition) is 5. The number of phenols is 1. The zero-order valence-corrected chi connectivity index (χ0v) is 13.3. The van der Waals surface area contributed by atoms with Crippen LogP contribution in [0.15, 0.2) is 52.8 Å². The van der Waals surface area contributed by atoms with Crippen molar-refractivity contribution in [3.8, 4) is 5.75 Å². The number of aliphatic carboxylic acids is 1. The van der Waals surface area contributed by atoms with Crippen molar-refractivity contribution in [3.63, 3.8) is 0 Å². The van der Waals surface area contributed by atoms with E-state index in [2.05, 4.69) is 20.9 Å². The minimum atomic E-state index is -0.869. The molecule has 8 nitrogen and oxygen atoms in total. The number of aromatic hydroxyl groups is 1. The van der Waals surface area contributed by atoms with Crippen LogP contribution in [0.3, 0.4) is 0 Å². The van der Waals surface area contributed by atoms with Crippen molar-refractivity contribution >= 4 is 23.9 Å². The zero-order valence-electron chi connectivity index (χ0n) is 13.3. The van der Waals surface area contributed by atoms with Gasteiger partial charge in [-0.1, -0.05) is 11.6 Å². The lowest BCUT2D eigenvalue weighted by atomic mass is 9.89. The number of aliphatic imine (C=N–C) groups is 1. The number of rotatable bonds is 5. The molecule has 130 valence electrons. The Labute approximate surface area is 144 Å². The van der Waals surface area contributed by atoms with Gasteiger partial charge < -0.3 is 26.2 Å². The van der Waals surface area contributed by atoms with E-state index in [9.17, 15) is 14.7 Å². The first-order chi connectivity index (χ1) is 12.0. The molecular formula is C17H18N4O4. The molecule has 0 aliphatic carbocycles. The van der Waals surface area contributed by atoms with Crippen molar-refractivity contribution in [1.82, 2.24) is 10.6 Å².